The minimum Gasteiger partial charge on any atom is -0.497 e. The van der Waals surface area contributed by atoms with Crippen molar-refractivity contribution >= 4 is 44.0 Å². The van der Waals surface area contributed by atoms with E-state index in [-0.39, 0.29) is 11.3 Å². The van der Waals surface area contributed by atoms with E-state index in [2.05, 4.69) is 0 Å². The van der Waals surface area contributed by atoms with Crippen molar-refractivity contribution < 1.29 is 17.9 Å². The van der Waals surface area contributed by atoms with Crippen LogP contribution in [0.15, 0.2) is 42.5 Å². The molecule has 2 aromatic carbocycles. The lowest BCUT2D eigenvalue weighted by Gasteiger charge is -2.07. The molecule has 0 aliphatic heterocycles. The van der Waals surface area contributed by atoms with Crippen LogP contribution in [-0.2, 0) is 16.8 Å². The zero-order chi connectivity index (χ0) is 18.0. The van der Waals surface area contributed by atoms with Gasteiger partial charge in [0.25, 0.3) is 0 Å². The maximum Gasteiger partial charge on any atom is 0.157 e. The highest BCUT2D eigenvalue weighted by Crippen LogP contribution is 2.41. The number of benzene rings is 2. The van der Waals surface area contributed by atoms with Gasteiger partial charge in [-0.1, -0.05) is 57.2 Å². The van der Waals surface area contributed by atoms with Gasteiger partial charge in [-0.3, -0.25) is 0 Å². The molecule has 0 radical (unpaired) electrons. The van der Waals surface area contributed by atoms with E-state index in [1.165, 1.54) is 26.7 Å². The summed E-state index contributed by atoms with van der Waals surface area (Å²) in [6.45, 7) is 0. The standard InChI is InChI=1S/C17H13FO3S4/c1-21-13-6-4-10(5-7-13)15-16(23-24-17(15)22)11-2-3-12(9-25(19)20)14(18)8-11/h2-8H,9H2,1H3,(H,19,20). The Kier molecular flexibility index (Phi) is 5.75. The van der Waals surface area contributed by atoms with Crippen molar-refractivity contribution in [1.82, 2.24) is 0 Å². The lowest BCUT2D eigenvalue weighted by molar-refractivity contribution is 0.415. The predicted molar refractivity (Wildman–Crippen MR) is 105 cm³/mol. The van der Waals surface area contributed by atoms with Crippen LogP contribution in [0.25, 0.3) is 21.6 Å². The van der Waals surface area contributed by atoms with Crippen LogP contribution in [0.1, 0.15) is 5.56 Å². The van der Waals surface area contributed by atoms with Crippen LogP contribution < -0.4 is 4.74 Å². The minimum absolute atomic E-state index is 0.217. The molecule has 0 amide bonds. The molecule has 8 heteroatoms. The van der Waals surface area contributed by atoms with Crippen molar-refractivity contribution in [3.63, 3.8) is 0 Å². The molecule has 1 atom stereocenters. The summed E-state index contributed by atoms with van der Waals surface area (Å²) < 4.78 is 40.0. The van der Waals surface area contributed by atoms with Crippen LogP contribution in [0.3, 0.4) is 0 Å². The summed E-state index contributed by atoms with van der Waals surface area (Å²) in [6, 6.07) is 12.3. The Morgan fingerprint density at radius 2 is 1.84 bits per heavy atom. The highest BCUT2D eigenvalue weighted by molar-refractivity contribution is 7.80. The Hall–Kier alpha value is -1.45. The van der Waals surface area contributed by atoms with Crippen LogP contribution in [0.5, 0.6) is 5.75 Å². The number of hydrogen-bond acceptors (Lipinski definition) is 5. The van der Waals surface area contributed by atoms with Gasteiger partial charge in [0.1, 0.15) is 15.4 Å². The first-order valence-corrected chi connectivity index (χ1v) is 11.0. The number of methoxy groups -OCH3 is 1. The average Bonchev–Trinajstić information content (AvgIpc) is 2.98. The molecule has 0 saturated heterocycles. The van der Waals surface area contributed by atoms with Gasteiger partial charge >= 0.3 is 0 Å². The largest absolute Gasteiger partial charge is 0.497 e. The molecule has 3 aromatic rings. The van der Waals surface area contributed by atoms with Gasteiger partial charge in [-0.2, -0.15) is 0 Å². The van der Waals surface area contributed by atoms with Gasteiger partial charge in [-0.05, 0) is 29.3 Å². The Labute approximate surface area is 159 Å². The van der Waals surface area contributed by atoms with Crippen molar-refractivity contribution in [2.24, 2.45) is 0 Å². The number of halogens is 1. The summed E-state index contributed by atoms with van der Waals surface area (Å²) in [4.78, 5) is 0.885. The van der Waals surface area contributed by atoms with Gasteiger partial charge in [0, 0.05) is 11.1 Å². The summed E-state index contributed by atoms with van der Waals surface area (Å²) in [7, 11) is 4.56. The summed E-state index contributed by atoms with van der Waals surface area (Å²) >= 11 is 3.39. The number of hydrogen-bond donors (Lipinski definition) is 1. The lowest BCUT2D eigenvalue weighted by Crippen LogP contribution is -1.96. The molecule has 3 rings (SSSR count). The molecule has 1 unspecified atom stereocenters. The van der Waals surface area contributed by atoms with E-state index < -0.39 is 16.9 Å². The first-order chi connectivity index (χ1) is 12.0. The maximum absolute atomic E-state index is 14.3. The van der Waals surface area contributed by atoms with Gasteiger partial charge in [0.05, 0.1) is 17.7 Å². The fraction of sp³-hybridized carbons (Fsp3) is 0.118. The summed E-state index contributed by atoms with van der Waals surface area (Å²) in [5, 5.41) is 0. The molecule has 0 spiro atoms. The molecule has 0 bridgehead atoms. The zero-order valence-electron chi connectivity index (χ0n) is 13.0. The van der Waals surface area contributed by atoms with E-state index in [0.717, 1.165) is 25.6 Å². The molecule has 3 nitrogen and oxygen atoms in total. The van der Waals surface area contributed by atoms with Crippen LogP contribution >= 0.6 is 32.9 Å². The maximum atomic E-state index is 14.3. The molecule has 1 aromatic heterocycles. The van der Waals surface area contributed by atoms with Crippen molar-refractivity contribution in [2.75, 3.05) is 7.11 Å². The molecule has 0 aliphatic rings. The zero-order valence-corrected chi connectivity index (χ0v) is 16.3. The predicted octanol–water partition coefficient (Wildman–Crippen LogP) is 5.74. The Balaban J connectivity index is 2.05. The second-order valence-electron chi connectivity index (χ2n) is 5.16. The normalized spacial score (nSPS) is 12.1. The highest BCUT2D eigenvalue weighted by atomic mass is 32.9. The molecule has 1 N–H and O–H groups in total. The van der Waals surface area contributed by atoms with Gasteiger partial charge < -0.3 is 9.29 Å². The second kappa shape index (κ2) is 7.84. The van der Waals surface area contributed by atoms with Crippen molar-refractivity contribution in [3.8, 4) is 27.3 Å². The topological polar surface area (TPSA) is 46.5 Å². The van der Waals surface area contributed by atoms with Crippen molar-refractivity contribution in [2.45, 2.75) is 5.75 Å². The molecule has 130 valence electrons. The molecule has 0 saturated carbocycles. The van der Waals surface area contributed by atoms with Crippen molar-refractivity contribution in [3.05, 3.63) is 57.7 Å². The molecular weight excluding hydrogens is 399 g/mol. The fourth-order valence-corrected chi connectivity index (χ4v) is 5.80. The second-order valence-corrected chi connectivity index (χ2v) is 8.91. The fourth-order valence-electron chi connectivity index (χ4n) is 2.39. The summed E-state index contributed by atoms with van der Waals surface area (Å²) in [6.07, 6.45) is 0. The summed E-state index contributed by atoms with van der Waals surface area (Å²) in [5.41, 5.74) is 2.76. The summed E-state index contributed by atoms with van der Waals surface area (Å²) in [5.74, 6) is 0.0315. The third kappa shape index (κ3) is 4.04. The van der Waals surface area contributed by atoms with E-state index in [0.29, 0.717) is 5.56 Å². The third-order valence-electron chi connectivity index (χ3n) is 3.60. The quantitative estimate of drug-likeness (QED) is 0.330. The minimum atomic E-state index is -2.08. The van der Waals surface area contributed by atoms with Crippen LogP contribution in [-0.4, -0.2) is 15.9 Å². The first-order valence-electron chi connectivity index (χ1n) is 7.13. The van der Waals surface area contributed by atoms with E-state index in [9.17, 15) is 8.60 Å². The molecule has 0 fully saturated rings. The van der Waals surface area contributed by atoms with E-state index in [1.807, 2.05) is 24.3 Å². The monoisotopic (exact) mass is 412 g/mol. The van der Waals surface area contributed by atoms with Crippen LogP contribution in [0, 0.1) is 9.64 Å². The van der Waals surface area contributed by atoms with Gasteiger partial charge in [0.15, 0.2) is 11.1 Å². The molecule has 0 aliphatic carbocycles. The molecular formula is C17H13FO3S4. The van der Waals surface area contributed by atoms with Crippen LogP contribution in [0.2, 0.25) is 0 Å². The number of rotatable bonds is 5. The van der Waals surface area contributed by atoms with Crippen molar-refractivity contribution in [1.29, 1.82) is 0 Å². The Bertz CT molecular complexity index is 976. The Morgan fingerprint density at radius 3 is 2.44 bits per heavy atom. The number of ether oxygens (including phenoxy) is 1. The van der Waals surface area contributed by atoms with Gasteiger partial charge in [-0.15, -0.1) is 0 Å². The Morgan fingerprint density at radius 1 is 1.16 bits per heavy atom. The molecule has 1 heterocycles. The van der Waals surface area contributed by atoms with Crippen LogP contribution in [0.4, 0.5) is 4.39 Å². The SMILES string of the molecule is COc1ccc(-c2c(-c3ccc(CS(=O)O)c(F)c3)ssc2=S)cc1. The van der Waals surface area contributed by atoms with E-state index >= 15 is 0 Å². The van der Waals surface area contributed by atoms with Gasteiger partial charge in [-0.25, -0.2) is 8.60 Å². The average molecular weight is 413 g/mol. The third-order valence-corrected chi connectivity index (χ3v) is 7.23. The first kappa shape index (κ1) is 18.3. The van der Waals surface area contributed by atoms with Gasteiger partial charge in [0.2, 0.25) is 0 Å². The smallest absolute Gasteiger partial charge is 0.157 e. The lowest BCUT2D eigenvalue weighted by atomic mass is 10.0. The highest BCUT2D eigenvalue weighted by Gasteiger charge is 2.15. The van der Waals surface area contributed by atoms with E-state index in [4.69, 9.17) is 21.5 Å². The van der Waals surface area contributed by atoms with E-state index in [1.54, 1.807) is 19.2 Å². The molecule has 25 heavy (non-hydrogen) atoms.